The van der Waals surface area contributed by atoms with Crippen molar-refractivity contribution in [2.75, 3.05) is 0 Å². The van der Waals surface area contributed by atoms with Crippen LogP contribution in [-0.2, 0) is 7.05 Å². The van der Waals surface area contributed by atoms with Gasteiger partial charge in [0.2, 0.25) is 0 Å². The van der Waals surface area contributed by atoms with Crippen molar-refractivity contribution in [2.24, 2.45) is 12.0 Å². The molecule has 0 aliphatic rings. The molecule has 5 aromatic rings. The van der Waals surface area contributed by atoms with Crippen LogP contribution >= 0.6 is 22.7 Å². The zero-order valence-corrected chi connectivity index (χ0v) is 16.9. The molecule has 0 radical (unpaired) electrons. The molecule has 1 amide bonds. The first-order valence-corrected chi connectivity index (χ1v) is 10.6. The number of halogens is 1. The van der Waals surface area contributed by atoms with E-state index in [0.29, 0.717) is 10.4 Å². The van der Waals surface area contributed by atoms with Crippen molar-refractivity contribution < 1.29 is 9.18 Å². The maximum absolute atomic E-state index is 13.6. The van der Waals surface area contributed by atoms with E-state index < -0.39 is 0 Å². The van der Waals surface area contributed by atoms with Crippen LogP contribution in [0.3, 0.4) is 0 Å². The Morgan fingerprint density at radius 1 is 1.10 bits per heavy atom. The van der Waals surface area contributed by atoms with Gasteiger partial charge in [0, 0.05) is 12.4 Å². The molecule has 5 rings (SSSR count). The first-order valence-electron chi connectivity index (χ1n) is 8.88. The zero-order valence-electron chi connectivity index (χ0n) is 15.3. The Bertz CT molecular complexity index is 1450. The summed E-state index contributed by atoms with van der Waals surface area (Å²) in [5.41, 5.74) is 2.84. The number of amides is 1. The largest absolute Gasteiger partial charge is 0.319 e. The smallest absolute Gasteiger partial charge is 0.280 e. The van der Waals surface area contributed by atoms with Gasteiger partial charge >= 0.3 is 0 Å². The average Bonchev–Trinajstić information content (AvgIpc) is 3.36. The van der Waals surface area contributed by atoms with E-state index >= 15 is 0 Å². The molecule has 7 heteroatoms. The lowest BCUT2D eigenvalue weighted by Crippen LogP contribution is -2.13. The molecule has 0 bridgehead atoms. The summed E-state index contributed by atoms with van der Waals surface area (Å²) in [6.07, 6.45) is 0. The molecule has 0 aliphatic heterocycles. The molecule has 0 saturated carbocycles. The van der Waals surface area contributed by atoms with Gasteiger partial charge in [0.1, 0.15) is 5.82 Å². The fourth-order valence-electron chi connectivity index (χ4n) is 3.26. The second kappa shape index (κ2) is 7.02. The fourth-order valence-corrected chi connectivity index (χ4v) is 4.99. The van der Waals surface area contributed by atoms with Crippen LogP contribution in [0.4, 0.5) is 4.39 Å². The number of pyridine rings is 1. The van der Waals surface area contributed by atoms with Gasteiger partial charge in [-0.25, -0.2) is 9.37 Å². The van der Waals surface area contributed by atoms with Gasteiger partial charge in [-0.05, 0) is 41.8 Å². The Hall–Kier alpha value is -3.16. The van der Waals surface area contributed by atoms with Crippen LogP contribution in [0, 0.1) is 5.82 Å². The third-order valence-electron chi connectivity index (χ3n) is 4.69. The molecule has 2 aromatic carbocycles. The highest BCUT2D eigenvalue weighted by atomic mass is 32.1. The summed E-state index contributed by atoms with van der Waals surface area (Å²) in [7, 11) is 1.82. The number of nitrogens with zero attached hydrogens (tertiary/aromatic N) is 3. The molecular formula is C22H14FN3OS2. The van der Waals surface area contributed by atoms with Crippen molar-refractivity contribution >= 4 is 49.7 Å². The van der Waals surface area contributed by atoms with E-state index in [0.717, 1.165) is 31.7 Å². The number of hydrogen-bond donors (Lipinski definition) is 0. The number of para-hydroxylation sites is 1. The van der Waals surface area contributed by atoms with Crippen LogP contribution in [0.25, 0.3) is 31.7 Å². The molecule has 3 aromatic heterocycles. The predicted molar refractivity (Wildman–Crippen MR) is 116 cm³/mol. The van der Waals surface area contributed by atoms with E-state index in [2.05, 4.69) is 4.99 Å². The number of aromatic nitrogens is 2. The second-order valence-electron chi connectivity index (χ2n) is 6.52. The van der Waals surface area contributed by atoms with Gasteiger partial charge in [-0.2, -0.15) is 4.99 Å². The van der Waals surface area contributed by atoms with Gasteiger partial charge in [-0.1, -0.05) is 35.6 Å². The minimum Gasteiger partial charge on any atom is -0.319 e. The number of thiazole rings is 1. The monoisotopic (exact) mass is 419 g/mol. The Kier molecular flexibility index (Phi) is 4.34. The number of thiophene rings is 1. The summed E-state index contributed by atoms with van der Waals surface area (Å²) >= 11 is 2.86. The van der Waals surface area contributed by atoms with E-state index in [1.54, 1.807) is 28.0 Å². The van der Waals surface area contributed by atoms with Gasteiger partial charge in [-0.3, -0.25) is 4.79 Å². The third-order valence-corrected chi connectivity index (χ3v) is 6.68. The van der Waals surface area contributed by atoms with Crippen LogP contribution in [0.2, 0.25) is 0 Å². The van der Waals surface area contributed by atoms with Crippen LogP contribution in [-0.4, -0.2) is 15.5 Å². The number of rotatable bonds is 2. The molecule has 142 valence electrons. The Morgan fingerprint density at radius 2 is 1.97 bits per heavy atom. The standard InChI is InChI=1S/C22H14FN3OS2/c1-26-18-9-8-13(23)11-20(18)29-22(26)25-21(27)15-12-17(19-7-4-10-28-19)24-16-6-3-2-5-14(15)16/h2-12H,1H3. The van der Waals surface area contributed by atoms with Crippen molar-refractivity contribution in [3.63, 3.8) is 0 Å². The highest BCUT2D eigenvalue weighted by Crippen LogP contribution is 2.28. The summed E-state index contributed by atoms with van der Waals surface area (Å²) < 4.78 is 16.1. The van der Waals surface area contributed by atoms with Crippen LogP contribution in [0.1, 0.15) is 10.4 Å². The van der Waals surface area contributed by atoms with Gasteiger partial charge in [0.05, 0.1) is 31.9 Å². The molecule has 4 nitrogen and oxygen atoms in total. The first kappa shape index (κ1) is 17.9. The SMILES string of the molecule is Cn1c(=NC(=O)c2cc(-c3cccs3)nc3ccccc23)sc2cc(F)ccc21. The Balaban J connectivity index is 1.70. The molecule has 0 saturated heterocycles. The van der Waals surface area contributed by atoms with Gasteiger partial charge in [0.25, 0.3) is 5.91 Å². The molecular weight excluding hydrogens is 405 g/mol. The van der Waals surface area contributed by atoms with Crippen molar-refractivity contribution in [2.45, 2.75) is 0 Å². The minimum atomic E-state index is -0.343. The van der Waals surface area contributed by atoms with E-state index in [1.807, 2.05) is 48.8 Å². The van der Waals surface area contributed by atoms with Crippen molar-refractivity contribution in [1.82, 2.24) is 9.55 Å². The highest BCUT2D eigenvalue weighted by Gasteiger charge is 2.15. The lowest BCUT2D eigenvalue weighted by Gasteiger charge is -2.06. The molecule has 3 heterocycles. The minimum absolute atomic E-state index is 0.307. The van der Waals surface area contributed by atoms with E-state index in [-0.39, 0.29) is 11.7 Å². The fraction of sp³-hybridized carbons (Fsp3) is 0.0455. The predicted octanol–water partition coefficient (Wildman–Crippen LogP) is 5.40. The first-order chi connectivity index (χ1) is 14.1. The topological polar surface area (TPSA) is 47.2 Å². The molecule has 0 atom stereocenters. The average molecular weight is 420 g/mol. The van der Waals surface area contributed by atoms with Crippen LogP contribution in [0.5, 0.6) is 0 Å². The third kappa shape index (κ3) is 3.18. The summed E-state index contributed by atoms with van der Waals surface area (Å²) in [6, 6.07) is 17.9. The molecule has 0 unspecified atom stereocenters. The normalized spacial score (nSPS) is 12.1. The van der Waals surface area contributed by atoms with Crippen molar-refractivity contribution in [3.8, 4) is 10.6 Å². The summed E-state index contributed by atoms with van der Waals surface area (Å²) in [6.45, 7) is 0. The van der Waals surface area contributed by atoms with Crippen LogP contribution < -0.4 is 4.80 Å². The maximum Gasteiger partial charge on any atom is 0.280 e. The number of benzene rings is 2. The van der Waals surface area contributed by atoms with E-state index in [9.17, 15) is 9.18 Å². The lowest BCUT2D eigenvalue weighted by atomic mass is 10.1. The maximum atomic E-state index is 13.6. The Morgan fingerprint density at radius 3 is 2.79 bits per heavy atom. The zero-order chi connectivity index (χ0) is 20.0. The number of carbonyl (C=O) groups is 1. The number of hydrogen-bond acceptors (Lipinski definition) is 4. The van der Waals surface area contributed by atoms with Gasteiger partial charge in [0.15, 0.2) is 4.80 Å². The number of aryl methyl sites for hydroxylation is 1. The molecule has 0 N–H and O–H groups in total. The van der Waals surface area contributed by atoms with Crippen molar-refractivity contribution in [3.05, 3.63) is 82.2 Å². The van der Waals surface area contributed by atoms with E-state index in [4.69, 9.17) is 4.98 Å². The number of carbonyl (C=O) groups excluding carboxylic acids is 1. The highest BCUT2D eigenvalue weighted by molar-refractivity contribution is 7.16. The summed E-state index contributed by atoms with van der Waals surface area (Å²) in [5, 5.41) is 2.74. The molecule has 0 aliphatic carbocycles. The summed E-state index contributed by atoms with van der Waals surface area (Å²) in [5.74, 6) is -0.651. The second-order valence-corrected chi connectivity index (χ2v) is 8.48. The van der Waals surface area contributed by atoms with Gasteiger partial charge in [-0.15, -0.1) is 11.3 Å². The lowest BCUT2D eigenvalue weighted by molar-refractivity contribution is 0.0999. The Labute approximate surface area is 173 Å². The van der Waals surface area contributed by atoms with Crippen molar-refractivity contribution in [1.29, 1.82) is 0 Å². The van der Waals surface area contributed by atoms with E-state index in [1.165, 1.54) is 23.5 Å². The van der Waals surface area contributed by atoms with Crippen LogP contribution in [0.15, 0.2) is 71.0 Å². The number of fused-ring (bicyclic) bond motifs is 2. The molecule has 29 heavy (non-hydrogen) atoms. The molecule has 0 spiro atoms. The quantitative estimate of drug-likeness (QED) is 0.385. The van der Waals surface area contributed by atoms with Gasteiger partial charge < -0.3 is 4.57 Å². The molecule has 0 fully saturated rings. The summed E-state index contributed by atoms with van der Waals surface area (Å²) in [4.78, 5) is 23.8.